The molecule has 2 fully saturated rings. The van der Waals surface area contributed by atoms with Crippen molar-refractivity contribution in [1.29, 1.82) is 5.26 Å². The van der Waals surface area contributed by atoms with E-state index in [1.807, 2.05) is 0 Å². The molecule has 1 aromatic carbocycles. The summed E-state index contributed by atoms with van der Waals surface area (Å²) in [6, 6.07) is 6.96. The summed E-state index contributed by atoms with van der Waals surface area (Å²) < 4.78 is 6.30. The topological polar surface area (TPSA) is 111 Å². The Kier molecular flexibility index (Phi) is 7.42. The number of carbonyl (C=O) groups is 1. The molecule has 37 heavy (non-hydrogen) atoms. The number of aliphatic hydroxyl groups excluding tert-OH is 1. The van der Waals surface area contributed by atoms with Crippen LogP contribution in [-0.4, -0.2) is 52.8 Å². The van der Waals surface area contributed by atoms with Crippen LogP contribution >= 0.6 is 11.6 Å². The number of rotatable bonds is 6. The number of halogens is 1. The van der Waals surface area contributed by atoms with Crippen LogP contribution in [0.5, 0.6) is 5.75 Å². The molecule has 2 aliphatic rings. The summed E-state index contributed by atoms with van der Waals surface area (Å²) in [7, 11) is 0. The molecular formula is C28H36ClN5O3. The molecule has 2 N–H and O–H groups in total. The molecule has 2 heterocycles. The summed E-state index contributed by atoms with van der Waals surface area (Å²) in [6.45, 7) is 14.3. The summed E-state index contributed by atoms with van der Waals surface area (Å²) in [5.41, 5.74) is 0.0935. The summed E-state index contributed by atoms with van der Waals surface area (Å²) in [5, 5.41) is 22.3. The van der Waals surface area contributed by atoms with Gasteiger partial charge in [0.2, 0.25) is 5.95 Å². The van der Waals surface area contributed by atoms with Gasteiger partial charge in [-0.3, -0.25) is 4.79 Å². The number of nitrogens with zero attached hydrogens (tertiary/aromatic N) is 4. The summed E-state index contributed by atoms with van der Waals surface area (Å²) in [5.74, 6) is 1.91. The lowest BCUT2D eigenvalue weighted by molar-refractivity contribution is -0.164. The van der Waals surface area contributed by atoms with Crippen LogP contribution in [-0.2, 0) is 0 Å². The highest BCUT2D eigenvalue weighted by Gasteiger charge is 2.64. The molecule has 4 rings (SSSR count). The predicted octanol–water partition coefficient (Wildman–Crippen LogP) is 4.31. The monoisotopic (exact) mass is 525 g/mol. The SMILES string of the molecule is CC1CN(c2ncc(C(=O)NC3C(C)(C)C(Oc4ccc(C#N)c(Cl)c4)C3(C)C)cn2)CC(C)C1CO. The van der Waals surface area contributed by atoms with E-state index in [-0.39, 0.29) is 41.4 Å². The average Bonchev–Trinajstić information content (AvgIpc) is 2.85. The van der Waals surface area contributed by atoms with Crippen LogP contribution in [0.3, 0.4) is 0 Å². The highest BCUT2D eigenvalue weighted by Crippen LogP contribution is 2.55. The maximum absolute atomic E-state index is 13.2. The average molecular weight is 526 g/mol. The van der Waals surface area contributed by atoms with Crippen LogP contribution in [0, 0.1) is 39.9 Å². The zero-order valence-corrected chi connectivity index (χ0v) is 23.1. The number of nitriles is 1. The van der Waals surface area contributed by atoms with Gasteiger partial charge < -0.3 is 20.1 Å². The minimum absolute atomic E-state index is 0.148. The van der Waals surface area contributed by atoms with E-state index in [9.17, 15) is 9.90 Å². The van der Waals surface area contributed by atoms with Gasteiger partial charge in [-0.2, -0.15) is 5.26 Å². The van der Waals surface area contributed by atoms with Gasteiger partial charge in [-0.1, -0.05) is 53.1 Å². The number of carbonyl (C=O) groups excluding carboxylic acids is 1. The van der Waals surface area contributed by atoms with Gasteiger partial charge >= 0.3 is 0 Å². The van der Waals surface area contributed by atoms with Crippen molar-refractivity contribution < 1.29 is 14.6 Å². The number of benzene rings is 1. The molecule has 8 nitrogen and oxygen atoms in total. The number of aliphatic hydroxyl groups is 1. The van der Waals surface area contributed by atoms with E-state index in [1.165, 1.54) is 0 Å². The summed E-state index contributed by atoms with van der Waals surface area (Å²) >= 11 is 6.19. The number of hydrogen-bond acceptors (Lipinski definition) is 7. The van der Waals surface area contributed by atoms with Gasteiger partial charge in [0, 0.05) is 55.0 Å². The lowest BCUT2D eigenvalue weighted by atomic mass is 9.49. The standard InChI is InChI=1S/C28H36ClN5O3/c1-16-13-34(14-17(2)21(16)15-35)26-31-11-19(12-32-26)23(36)33-24-27(3,4)25(28(24,5)6)37-20-8-7-18(10-30)22(29)9-20/h7-9,11-12,16-17,21,24-25,35H,13-15H2,1-6H3,(H,33,36). The van der Waals surface area contributed by atoms with Crippen LogP contribution in [0.15, 0.2) is 30.6 Å². The lowest BCUT2D eigenvalue weighted by Crippen LogP contribution is -2.74. The van der Waals surface area contributed by atoms with E-state index in [1.54, 1.807) is 30.6 Å². The van der Waals surface area contributed by atoms with Crippen LogP contribution in [0.1, 0.15) is 57.5 Å². The van der Waals surface area contributed by atoms with E-state index >= 15 is 0 Å². The van der Waals surface area contributed by atoms with Crippen LogP contribution < -0.4 is 15.0 Å². The van der Waals surface area contributed by atoms with E-state index < -0.39 is 0 Å². The molecule has 0 radical (unpaired) electrons. The first-order valence-electron chi connectivity index (χ1n) is 12.7. The zero-order chi connectivity index (χ0) is 27.1. The molecule has 1 aromatic heterocycles. The minimum Gasteiger partial charge on any atom is -0.489 e. The second-order valence-corrected chi connectivity index (χ2v) is 12.2. The van der Waals surface area contributed by atoms with Crippen molar-refractivity contribution in [2.45, 2.75) is 53.7 Å². The number of aromatic nitrogens is 2. The molecule has 0 bridgehead atoms. The van der Waals surface area contributed by atoms with E-state index in [0.29, 0.717) is 39.7 Å². The zero-order valence-electron chi connectivity index (χ0n) is 22.3. The molecule has 1 aliphatic carbocycles. The third kappa shape index (κ3) is 4.99. The van der Waals surface area contributed by atoms with Gasteiger partial charge in [-0.25, -0.2) is 9.97 Å². The van der Waals surface area contributed by atoms with E-state index in [2.05, 4.69) is 67.8 Å². The molecule has 1 aliphatic heterocycles. The first-order valence-corrected chi connectivity index (χ1v) is 13.1. The van der Waals surface area contributed by atoms with Crippen LogP contribution in [0.4, 0.5) is 5.95 Å². The second kappa shape index (κ2) is 10.1. The highest BCUT2D eigenvalue weighted by molar-refractivity contribution is 6.31. The Morgan fingerprint density at radius 1 is 1.19 bits per heavy atom. The predicted molar refractivity (Wildman–Crippen MR) is 143 cm³/mol. The molecule has 2 unspecified atom stereocenters. The molecule has 1 saturated carbocycles. The number of anilines is 1. The Balaban J connectivity index is 1.42. The van der Waals surface area contributed by atoms with Gasteiger partial charge in [0.05, 0.1) is 16.1 Å². The van der Waals surface area contributed by atoms with Crippen molar-refractivity contribution in [3.63, 3.8) is 0 Å². The highest BCUT2D eigenvalue weighted by atomic mass is 35.5. The van der Waals surface area contributed by atoms with Crippen molar-refractivity contribution in [3.05, 3.63) is 46.7 Å². The van der Waals surface area contributed by atoms with Gasteiger partial charge in [-0.05, 0) is 29.9 Å². The molecular weight excluding hydrogens is 490 g/mol. The third-order valence-electron chi connectivity index (χ3n) is 8.30. The molecule has 2 atom stereocenters. The molecule has 9 heteroatoms. The number of piperidine rings is 1. The lowest BCUT2D eigenvalue weighted by Gasteiger charge is -2.63. The van der Waals surface area contributed by atoms with Crippen LogP contribution in [0.2, 0.25) is 5.02 Å². The molecule has 198 valence electrons. The van der Waals surface area contributed by atoms with Crippen molar-refractivity contribution in [1.82, 2.24) is 15.3 Å². The fourth-order valence-corrected chi connectivity index (χ4v) is 6.75. The summed E-state index contributed by atoms with van der Waals surface area (Å²) in [4.78, 5) is 24.3. The largest absolute Gasteiger partial charge is 0.489 e. The Morgan fingerprint density at radius 3 is 2.30 bits per heavy atom. The number of ether oxygens (including phenoxy) is 1. The Morgan fingerprint density at radius 2 is 1.78 bits per heavy atom. The molecule has 1 amide bonds. The van der Waals surface area contributed by atoms with Crippen molar-refractivity contribution in [2.24, 2.45) is 28.6 Å². The fourth-order valence-electron chi connectivity index (χ4n) is 6.54. The Hall–Kier alpha value is -2.89. The second-order valence-electron chi connectivity index (χ2n) is 11.8. The fraction of sp³-hybridized carbons (Fsp3) is 0.571. The molecule has 0 spiro atoms. The first-order chi connectivity index (χ1) is 17.4. The minimum atomic E-state index is -0.357. The maximum atomic E-state index is 13.2. The van der Waals surface area contributed by atoms with Gasteiger partial charge in [0.25, 0.3) is 5.91 Å². The molecule has 2 aromatic rings. The first kappa shape index (κ1) is 27.2. The van der Waals surface area contributed by atoms with E-state index in [0.717, 1.165) is 13.1 Å². The van der Waals surface area contributed by atoms with Crippen molar-refractivity contribution in [2.75, 3.05) is 24.6 Å². The van der Waals surface area contributed by atoms with Crippen molar-refractivity contribution >= 4 is 23.5 Å². The Labute approximate surface area is 224 Å². The van der Waals surface area contributed by atoms with Crippen LogP contribution in [0.25, 0.3) is 0 Å². The maximum Gasteiger partial charge on any atom is 0.254 e. The number of hydrogen-bond donors (Lipinski definition) is 2. The number of nitrogens with one attached hydrogen (secondary N) is 1. The van der Waals surface area contributed by atoms with Gasteiger partial charge in [0.15, 0.2) is 0 Å². The normalized spacial score (nSPS) is 28.1. The molecule has 1 saturated heterocycles. The Bertz CT molecular complexity index is 1170. The van der Waals surface area contributed by atoms with Gasteiger partial charge in [-0.15, -0.1) is 0 Å². The smallest absolute Gasteiger partial charge is 0.254 e. The number of amides is 1. The van der Waals surface area contributed by atoms with Gasteiger partial charge in [0.1, 0.15) is 17.9 Å². The quantitative estimate of drug-likeness (QED) is 0.577. The summed E-state index contributed by atoms with van der Waals surface area (Å²) in [6.07, 6.45) is 2.98. The van der Waals surface area contributed by atoms with E-state index in [4.69, 9.17) is 21.6 Å². The van der Waals surface area contributed by atoms with Crippen molar-refractivity contribution in [3.8, 4) is 11.8 Å². The third-order valence-corrected chi connectivity index (χ3v) is 8.62.